The molecule has 0 aliphatic carbocycles. The molecule has 0 aromatic heterocycles. The number of unbranched alkanes of at least 4 members (excludes halogenated alkanes) is 9. The highest BCUT2D eigenvalue weighted by atomic mass is 16.4. The van der Waals surface area contributed by atoms with E-state index in [0.29, 0.717) is 6.42 Å². The third-order valence-electron chi connectivity index (χ3n) is 4.77. The average Bonchev–Trinajstić information content (AvgIpc) is 2.53. The lowest BCUT2D eigenvalue weighted by Gasteiger charge is -2.34. The highest BCUT2D eigenvalue weighted by Gasteiger charge is 2.45. The Kier molecular flexibility index (Phi) is 12.8. The summed E-state index contributed by atoms with van der Waals surface area (Å²) in [4.78, 5) is 23.6. The number of quaternary nitrogens is 1. The van der Waals surface area contributed by atoms with E-state index < -0.39 is 29.9 Å². The number of nitrogens with zero attached hydrogens (tertiary/aromatic N) is 1. The van der Waals surface area contributed by atoms with Crippen LogP contribution in [0.4, 0.5) is 0 Å². The van der Waals surface area contributed by atoms with E-state index in [1.54, 1.807) is 21.1 Å². The Morgan fingerprint density at radius 2 is 1.33 bits per heavy atom. The van der Waals surface area contributed by atoms with Gasteiger partial charge in [-0.2, -0.15) is 0 Å². The van der Waals surface area contributed by atoms with Crippen LogP contribution >= 0.6 is 0 Å². The van der Waals surface area contributed by atoms with Crippen molar-refractivity contribution in [2.75, 3.05) is 27.7 Å². The van der Waals surface area contributed by atoms with Crippen LogP contribution in [0.15, 0.2) is 0 Å². The number of likely N-dealkylation sites (N-methyl/N-ethyl adjacent to an activating group) is 1. The summed E-state index contributed by atoms with van der Waals surface area (Å²) >= 11 is 0. The first-order valence-electron chi connectivity index (χ1n) is 10.5. The van der Waals surface area contributed by atoms with E-state index in [2.05, 4.69) is 6.92 Å². The standard InChI is InChI=1S/C21H41NO5/c1-5-6-7-8-9-10-11-12-13-14-15-18(23)20(26)21(27,16-19(24)25)17-22(2,3)4/h18,23,27H,5-17H2,1-4H3/p+1. The van der Waals surface area contributed by atoms with Gasteiger partial charge in [-0.3, -0.25) is 9.59 Å². The van der Waals surface area contributed by atoms with Crippen molar-refractivity contribution in [1.29, 1.82) is 0 Å². The van der Waals surface area contributed by atoms with Gasteiger partial charge in [0.2, 0.25) is 0 Å². The van der Waals surface area contributed by atoms with Crippen molar-refractivity contribution in [3.63, 3.8) is 0 Å². The fraction of sp³-hybridized carbons (Fsp3) is 0.905. The molecule has 160 valence electrons. The molecule has 0 fully saturated rings. The monoisotopic (exact) mass is 388 g/mol. The van der Waals surface area contributed by atoms with Gasteiger partial charge in [0.25, 0.3) is 0 Å². The third kappa shape index (κ3) is 12.9. The van der Waals surface area contributed by atoms with Crippen molar-refractivity contribution < 1.29 is 29.4 Å². The van der Waals surface area contributed by atoms with Crippen LogP contribution < -0.4 is 0 Å². The van der Waals surface area contributed by atoms with Crippen molar-refractivity contribution in [3.8, 4) is 0 Å². The highest BCUT2D eigenvalue weighted by molar-refractivity contribution is 5.94. The molecule has 0 amide bonds. The SMILES string of the molecule is CCCCCCCCCCCCC(O)C(=O)C(O)(CC(=O)O)C[N+](C)(C)C. The number of hydrogen-bond acceptors (Lipinski definition) is 4. The second-order valence-electron chi connectivity index (χ2n) is 8.90. The van der Waals surface area contributed by atoms with E-state index in [1.165, 1.54) is 44.9 Å². The highest BCUT2D eigenvalue weighted by Crippen LogP contribution is 2.20. The van der Waals surface area contributed by atoms with Gasteiger partial charge >= 0.3 is 5.97 Å². The lowest BCUT2D eigenvalue weighted by atomic mass is 9.88. The Hall–Kier alpha value is -0.980. The van der Waals surface area contributed by atoms with Crippen LogP contribution in [0.5, 0.6) is 0 Å². The van der Waals surface area contributed by atoms with Crippen LogP contribution in [-0.4, -0.2) is 70.9 Å². The Labute approximate surface area is 165 Å². The van der Waals surface area contributed by atoms with Gasteiger partial charge in [-0.15, -0.1) is 0 Å². The van der Waals surface area contributed by atoms with Crippen LogP contribution in [0.3, 0.4) is 0 Å². The van der Waals surface area contributed by atoms with Crippen LogP contribution in [-0.2, 0) is 9.59 Å². The number of aliphatic carboxylic acids is 1. The maximum Gasteiger partial charge on any atom is 0.306 e. The molecule has 0 bridgehead atoms. The zero-order chi connectivity index (χ0) is 20.9. The third-order valence-corrected chi connectivity index (χ3v) is 4.77. The first kappa shape index (κ1) is 26.0. The van der Waals surface area contributed by atoms with Gasteiger partial charge in [0.15, 0.2) is 11.4 Å². The number of hydrogen-bond donors (Lipinski definition) is 3. The molecule has 0 rings (SSSR count). The van der Waals surface area contributed by atoms with Crippen LogP contribution in [0.2, 0.25) is 0 Å². The molecular weight excluding hydrogens is 346 g/mol. The quantitative estimate of drug-likeness (QED) is 0.263. The summed E-state index contributed by atoms with van der Waals surface area (Å²) in [5.74, 6) is -2.01. The molecule has 0 aliphatic rings. The lowest BCUT2D eigenvalue weighted by Crippen LogP contribution is -2.57. The molecule has 2 atom stereocenters. The topological polar surface area (TPSA) is 94.8 Å². The number of ketones is 1. The van der Waals surface area contributed by atoms with Crippen LogP contribution in [0.25, 0.3) is 0 Å². The van der Waals surface area contributed by atoms with Crippen LogP contribution in [0, 0.1) is 0 Å². The molecule has 0 saturated carbocycles. The Balaban J connectivity index is 4.21. The average molecular weight is 389 g/mol. The van der Waals surface area contributed by atoms with Crippen molar-refractivity contribution in [1.82, 2.24) is 0 Å². The second kappa shape index (κ2) is 13.2. The number of aliphatic hydroxyl groups excluding tert-OH is 1. The first-order valence-corrected chi connectivity index (χ1v) is 10.5. The summed E-state index contributed by atoms with van der Waals surface area (Å²) in [6, 6.07) is 0. The van der Waals surface area contributed by atoms with E-state index in [4.69, 9.17) is 5.11 Å². The number of carboxylic acid groups (broad SMARTS) is 1. The molecule has 0 saturated heterocycles. The number of carboxylic acids is 1. The number of carbonyl (C=O) groups is 2. The lowest BCUT2D eigenvalue weighted by molar-refractivity contribution is -0.875. The van der Waals surface area contributed by atoms with Crippen molar-refractivity contribution >= 4 is 11.8 Å². The van der Waals surface area contributed by atoms with Crippen molar-refractivity contribution in [3.05, 3.63) is 0 Å². The molecule has 0 aromatic carbocycles. The number of rotatable bonds is 17. The maximum atomic E-state index is 12.5. The van der Waals surface area contributed by atoms with E-state index in [9.17, 15) is 19.8 Å². The van der Waals surface area contributed by atoms with Gasteiger partial charge in [0.05, 0.1) is 27.6 Å². The van der Waals surface area contributed by atoms with Crippen LogP contribution in [0.1, 0.15) is 84.0 Å². The molecule has 0 heterocycles. The minimum atomic E-state index is -2.04. The number of aliphatic hydroxyl groups is 2. The molecular formula is C21H42NO5+. The van der Waals surface area contributed by atoms with Gasteiger partial charge < -0.3 is 19.8 Å². The van der Waals surface area contributed by atoms with E-state index in [-0.39, 0.29) is 17.4 Å². The molecule has 0 aromatic rings. The van der Waals surface area contributed by atoms with Gasteiger partial charge in [0.1, 0.15) is 12.6 Å². The van der Waals surface area contributed by atoms with E-state index >= 15 is 0 Å². The smallest absolute Gasteiger partial charge is 0.306 e. The molecule has 0 spiro atoms. The molecule has 6 heteroatoms. The van der Waals surface area contributed by atoms with E-state index in [0.717, 1.165) is 12.8 Å². The fourth-order valence-corrected chi connectivity index (χ4v) is 3.52. The summed E-state index contributed by atoms with van der Waals surface area (Å²) < 4.78 is 0.237. The molecule has 2 unspecified atom stereocenters. The maximum absolute atomic E-state index is 12.5. The normalized spacial score (nSPS) is 15.3. The predicted molar refractivity (Wildman–Crippen MR) is 108 cm³/mol. The number of carbonyl (C=O) groups excluding carboxylic acids is 1. The summed E-state index contributed by atoms with van der Waals surface area (Å²) in [6.45, 7) is 2.16. The molecule has 0 radical (unpaired) electrons. The van der Waals surface area contributed by atoms with Gasteiger partial charge in [-0.1, -0.05) is 71.1 Å². The Morgan fingerprint density at radius 3 is 1.74 bits per heavy atom. The summed E-state index contributed by atoms with van der Waals surface area (Å²) in [5, 5.41) is 29.8. The predicted octanol–water partition coefficient (Wildman–Crippen LogP) is 3.14. The molecule has 0 aliphatic heterocycles. The minimum Gasteiger partial charge on any atom is -0.481 e. The minimum absolute atomic E-state index is 0.0484. The summed E-state index contributed by atoms with van der Waals surface area (Å²) in [6.07, 6.45) is 9.86. The Bertz CT molecular complexity index is 433. The molecule has 27 heavy (non-hydrogen) atoms. The van der Waals surface area contributed by atoms with Gasteiger partial charge in [-0.05, 0) is 6.42 Å². The van der Waals surface area contributed by atoms with Gasteiger partial charge in [0, 0.05) is 0 Å². The first-order chi connectivity index (χ1) is 12.5. The number of Topliss-reactive ketones (excluding diaryl/α,β-unsaturated/α-hetero) is 1. The van der Waals surface area contributed by atoms with Crippen molar-refractivity contribution in [2.45, 2.75) is 95.7 Å². The van der Waals surface area contributed by atoms with Crippen molar-refractivity contribution in [2.24, 2.45) is 0 Å². The van der Waals surface area contributed by atoms with Gasteiger partial charge in [-0.25, -0.2) is 0 Å². The largest absolute Gasteiger partial charge is 0.481 e. The summed E-state index contributed by atoms with van der Waals surface area (Å²) in [5.41, 5.74) is -2.04. The fourth-order valence-electron chi connectivity index (χ4n) is 3.52. The van der Waals surface area contributed by atoms with E-state index in [1.807, 2.05) is 0 Å². The summed E-state index contributed by atoms with van der Waals surface area (Å²) in [7, 11) is 5.32. The Morgan fingerprint density at radius 1 is 0.889 bits per heavy atom. The zero-order valence-electron chi connectivity index (χ0n) is 17.9. The second-order valence-corrected chi connectivity index (χ2v) is 8.90. The molecule has 6 nitrogen and oxygen atoms in total. The zero-order valence-corrected chi connectivity index (χ0v) is 17.9. The molecule has 3 N–H and O–H groups in total.